The van der Waals surface area contributed by atoms with Crippen molar-refractivity contribution >= 4 is 29.2 Å². The van der Waals surface area contributed by atoms with E-state index in [1.54, 1.807) is 37.5 Å². The summed E-state index contributed by atoms with van der Waals surface area (Å²) in [6.45, 7) is 3.28. The molecule has 0 unspecified atom stereocenters. The molecule has 0 bridgehead atoms. The Morgan fingerprint density at radius 1 is 1.15 bits per heavy atom. The van der Waals surface area contributed by atoms with Crippen LogP contribution >= 0.6 is 11.6 Å². The van der Waals surface area contributed by atoms with E-state index in [0.29, 0.717) is 33.5 Å². The molecule has 0 saturated heterocycles. The van der Waals surface area contributed by atoms with Crippen LogP contribution in [0.15, 0.2) is 47.0 Å². The van der Waals surface area contributed by atoms with Gasteiger partial charge >= 0.3 is 0 Å². The van der Waals surface area contributed by atoms with Crippen molar-refractivity contribution in [3.63, 3.8) is 0 Å². The van der Waals surface area contributed by atoms with Crippen LogP contribution in [-0.4, -0.2) is 23.8 Å². The highest BCUT2D eigenvalue weighted by Crippen LogP contribution is 2.37. The molecule has 0 fully saturated rings. The van der Waals surface area contributed by atoms with Crippen molar-refractivity contribution in [2.24, 2.45) is 0 Å². The Morgan fingerprint density at radius 3 is 2.56 bits per heavy atom. The van der Waals surface area contributed by atoms with E-state index in [1.165, 1.54) is 6.92 Å². The van der Waals surface area contributed by atoms with Crippen LogP contribution in [0.5, 0.6) is 0 Å². The van der Waals surface area contributed by atoms with Gasteiger partial charge in [-0.1, -0.05) is 23.7 Å². The second-order valence-electron chi connectivity index (χ2n) is 5.98. The van der Waals surface area contributed by atoms with E-state index in [4.69, 9.17) is 16.0 Å². The zero-order chi connectivity index (χ0) is 19.6. The summed E-state index contributed by atoms with van der Waals surface area (Å²) < 4.78 is 6.05. The molecule has 3 aromatic rings. The highest BCUT2D eigenvalue weighted by molar-refractivity contribution is 6.33. The van der Waals surface area contributed by atoms with Crippen LogP contribution in [0.4, 0.5) is 5.82 Å². The van der Waals surface area contributed by atoms with Crippen molar-refractivity contribution in [3.05, 3.63) is 58.7 Å². The first-order valence-corrected chi connectivity index (χ1v) is 8.64. The fourth-order valence-corrected chi connectivity index (χ4v) is 2.93. The summed E-state index contributed by atoms with van der Waals surface area (Å²) in [5.41, 5.74) is 2.56. The topological polar surface area (TPSA) is 84.2 Å². The summed E-state index contributed by atoms with van der Waals surface area (Å²) >= 11 is 6.30. The van der Waals surface area contributed by atoms with Gasteiger partial charge in [-0.25, -0.2) is 4.98 Å². The van der Waals surface area contributed by atoms with Gasteiger partial charge in [-0.3, -0.25) is 9.59 Å². The van der Waals surface area contributed by atoms with Crippen LogP contribution in [0.25, 0.3) is 22.6 Å². The van der Waals surface area contributed by atoms with Gasteiger partial charge in [-0.05, 0) is 36.8 Å². The number of aryl methyl sites for hydroxylation is 1. The van der Waals surface area contributed by atoms with Gasteiger partial charge in [-0.2, -0.15) is 0 Å². The van der Waals surface area contributed by atoms with Crippen molar-refractivity contribution < 1.29 is 14.0 Å². The van der Waals surface area contributed by atoms with Crippen LogP contribution < -0.4 is 10.6 Å². The maximum Gasteiger partial charge on any atom is 0.254 e. The Kier molecular flexibility index (Phi) is 5.28. The van der Waals surface area contributed by atoms with Crippen molar-refractivity contribution in [3.8, 4) is 22.6 Å². The number of nitrogens with zero attached hydrogens (tertiary/aromatic N) is 1. The molecule has 0 aliphatic carbocycles. The molecule has 0 aliphatic heterocycles. The third kappa shape index (κ3) is 3.85. The second kappa shape index (κ2) is 7.63. The summed E-state index contributed by atoms with van der Waals surface area (Å²) in [6, 6.07) is 10.5. The molecular formula is C20H18ClN3O3. The number of anilines is 1. The average Bonchev–Trinajstić information content (AvgIpc) is 3.07. The van der Waals surface area contributed by atoms with Crippen molar-refractivity contribution in [2.75, 3.05) is 12.4 Å². The third-order valence-corrected chi connectivity index (χ3v) is 4.32. The van der Waals surface area contributed by atoms with E-state index in [0.717, 1.165) is 11.1 Å². The molecule has 0 aliphatic rings. The summed E-state index contributed by atoms with van der Waals surface area (Å²) in [6.07, 6.45) is 1.64. The number of benzene rings is 1. The fourth-order valence-electron chi connectivity index (χ4n) is 2.71. The summed E-state index contributed by atoms with van der Waals surface area (Å²) in [4.78, 5) is 27.9. The summed E-state index contributed by atoms with van der Waals surface area (Å²) in [5, 5.41) is 5.74. The monoisotopic (exact) mass is 383 g/mol. The van der Waals surface area contributed by atoms with Crippen LogP contribution in [0.3, 0.4) is 0 Å². The minimum atomic E-state index is -0.284. The molecule has 2 N–H and O–H groups in total. The maximum absolute atomic E-state index is 12.4. The van der Waals surface area contributed by atoms with E-state index in [9.17, 15) is 9.59 Å². The Bertz CT molecular complexity index is 1030. The zero-order valence-corrected chi connectivity index (χ0v) is 15.8. The molecule has 2 amide bonds. The first-order valence-electron chi connectivity index (χ1n) is 8.26. The molecule has 6 nitrogen and oxygen atoms in total. The van der Waals surface area contributed by atoms with Gasteiger partial charge in [0, 0.05) is 31.3 Å². The predicted molar refractivity (Wildman–Crippen MR) is 105 cm³/mol. The number of halogens is 1. The molecule has 0 saturated carbocycles. The number of pyridine rings is 1. The van der Waals surface area contributed by atoms with E-state index in [-0.39, 0.29) is 11.8 Å². The van der Waals surface area contributed by atoms with Crippen LogP contribution in [0.2, 0.25) is 5.02 Å². The first kappa shape index (κ1) is 18.7. The summed E-state index contributed by atoms with van der Waals surface area (Å²) in [5.74, 6) is 0.760. The SMILES string of the molecule is CNC(=O)c1cc(-c2cc(NC(C)=O)ncc2C)oc1-c1ccccc1Cl. The molecule has 7 heteroatoms. The zero-order valence-electron chi connectivity index (χ0n) is 15.1. The fraction of sp³-hybridized carbons (Fsp3) is 0.150. The number of aromatic nitrogens is 1. The summed E-state index contributed by atoms with van der Waals surface area (Å²) in [7, 11) is 1.55. The van der Waals surface area contributed by atoms with Crippen molar-refractivity contribution in [2.45, 2.75) is 13.8 Å². The standard InChI is InChI=1S/C20H18ClN3O3/c1-11-10-23-18(24-12(2)25)9-14(11)17-8-15(20(26)22-3)19(27-17)13-6-4-5-7-16(13)21/h4-10H,1-3H3,(H,22,26)(H,23,24,25). The van der Waals surface area contributed by atoms with Gasteiger partial charge in [0.05, 0.1) is 10.6 Å². The Labute approximate surface area is 161 Å². The molecule has 1 aromatic carbocycles. The maximum atomic E-state index is 12.4. The molecule has 0 atom stereocenters. The Morgan fingerprint density at radius 2 is 1.89 bits per heavy atom. The molecule has 0 spiro atoms. The number of amides is 2. The van der Waals surface area contributed by atoms with Gasteiger partial charge < -0.3 is 15.1 Å². The number of hydrogen-bond donors (Lipinski definition) is 2. The highest BCUT2D eigenvalue weighted by Gasteiger charge is 2.22. The smallest absolute Gasteiger partial charge is 0.254 e. The number of carbonyl (C=O) groups excluding carboxylic acids is 2. The van der Waals surface area contributed by atoms with Crippen LogP contribution in [0, 0.1) is 6.92 Å². The van der Waals surface area contributed by atoms with Gasteiger partial charge in [0.1, 0.15) is 17.3 Å². The van der Waals surface area contributed by atoms with Crippen molar-refractivity contribution in [1.29, 1.82) is 0 Å². The van der Waals surface area contributed by atoms with Gasteiger partial charge in [0.25, 0.3) is 5.91 Å². The number of hydrogen-bond acceptors (Lipinski definition) is 4. The van der Waals surface area contributed by atoms with Crippen molar-refractivity contribution in [1.82, 2.24) is 10.3 Å². The number of carbonyl (C=O) groups is 2. The van der Waals surface area contributed by atoms with Gasteiger partial charge in [-0.15, -0.1) is 0 Å². The van der Waals surface area contributed by atoms with Gasteiger partial charge in [0.15, 0.2) is 0 Å². The molecule has 0 radical (unpaired) electrons. The van der Waals surface area contributed by atoms with E-state index in [1.807, 2.05) is 19.1 Å². The quantitative estimate of drug-likeness (QED) is 0.703. The number of furan rings is 1. The van der Waals surface area contributed by atoms with E-state index < -0.39 is 0 Å². The van der Waals surface area contributed by atoms with Crippen LogP contribution in [-0.2, 0) is 4.79 Å². The largest absolute Gasteiger partial charge is 0.455 e. The Hall–Kier alpha value is -3.12. The minimum Gasteiger partial charge on any atom is -0.455 e. The van der Waals surface area contributed by atoms with E-state index >= 15 is 0 Å². The first-order chi connectivity index (χ1) is 12.9. The number of rotatable bonds is 4. The van der Waals surface area contributed by atoms with Crippen LogP contribution in [0.1, 0.15) is 22.8 Å². The lowest BCUT2D eigenvalue weighted by atomic mass is 10.1. The lowest BCUT2D eigenvalue weighted by Crippen LogP contribution is -2.17. The minimum absolute atomic E-state index is 0.223. The molecule has 138 valence electrons. The Balaban J connectivity index is 2.17. The lowest BCUT2D eigenvalue weighted by Gasteiger charge is -2.06. The molecule has 27 heavy (non-hydrogen) atoms. The van der Waals surface area contributed by atoms with E-state index in [2.05, 4.69) is 15.6 Å². The molecule has 2 aromatic heterocycles. The second-order valence-corrected chi connectivity index (χ2v) is 6.39. The lowest BCUT2D eigenvalue weighted by molar-refractivity contribution is -0.114. The third-order valence-electron chi connectivity index (χ3n) is 3.99. The molecule has 2 heterocycles. The molecule has 3 rings (SSSR count). The number of nitrogens with one attached hydrogen (secondary N) is 2. The normalized spacial score (nSPS) is 10.5. The predicted octanol–water partition coefficient (Wildman–Crippen LogP) is 4.29. The molecular weight excluding hydrogens is 366 g/mol. The highest BCUT2D eigenvalue weighted by atomic mass is 35.5. The van der Waals surface area contributed by atoms with Gasteiger partial charge in [0.2, 0.25) is 5.91 Å². The average molecular weight is 384 g/mol.